The standard InChI is InChI=1S/C21H29FN2O2/c1-16(15-17-7-9-19(22)10-8-17)20(25)23-11-13-24(14-12-23)21(26)18-5-3-2-4-6-18/h7-10,16,18H,2-6,11-15H2,1H3. The van der Waals surface area contributed by atoms with Crippen LogP contribution >= 0.6 is 0 Å². The van der Waals surface area contributed by atoms with Gasteiger partial charge in [0, 0.05) is 38.0 Å². The third kappa shape index (κ3) is 4.63. The van der Waals surface area contributed by atoms with Gasteiger partial charge in [-0.1, -0.05) is 38.3 Å². The van der Waals surface area contributed by atoms with Gasteiger partial charge in [0.1, 0.15) is 5.82 Å². The molecule has 0 bridgehead atoms. The van der Waals surface area contributed by atoms with Crippen molar-refractivity contribution in [3.05, 3.63) is 35.6 Å². The first-order valence-corrected chi connectivity index (χ1v) is 9.86. The van der Waals surface area contributed by atoms with E-state index in [2.05, 4.69) is 0 Å². The van der Waals surface area contributed by atoms with Gasteiger partial charge in [-0.25, -0.2) is 4.39 Å². The van der Waals surface area contributed by atoms with Gasteiger partial charge in [-0.3, -0.25) is 9.59 Å². The molecular formula is C21H29FN2O2. The van der Waals surface area contributed by atoms with E-state index in [0.29, 0.717) is 32.6 Å². The Morgan fingerprint density at radius 3 is 2.19 bits per heavy atom. The van der Waals surface area contributed by atoms with E-state index in [1.807, 2.05) is 16.7 Å². The number of hydrogen-bond donors (Lipinski definition) is 0. The zero-order valence-electron chi connectivity index (χ0n) is 15.6. The smallest absolute Gasteiger partial charge is 0.225 e. The second-order valence-corrected chi connectivity index (χ2v) is 7.72. The van der Waals surface area contributed by atoms with Crippen molar-refractivity contribution in [2.45, 2.75) is 45.4 Å². The third-order valence-corrected chi connectivity index (χ3v) is 5.73. The van der Waals surface area contributed by atoms with Crippen LogP contribution in [0, 0.1) is 17.7 Å². The molecule has 1 saturated carbocycles. The summed E-state index contributed by atoms with van der Waals surface area (Å²) in [5.74, 6) is 0.214. The summed E-state index contributed by atoms with van der Waals surface area (Å²) in [5, 5.41) is 0. The molecule has 2 fully saturated rings. The first-order chi connectivity index (χ1) is 12.5. The number of carbonyl (C=O) groups is 2. The number of amides is 2. The van der Waals surface area contributed by atoms with E-state index in [4.69, 9.17) is 0 Å². The van der Waals surface area contributed by atoms with Crippen LogP contribution in [0.15, 0.2) is 24.3 Å². The van der Waals surface area contributed by atoms with Crippen molar-refractivity contribution in [1.29, 1.82) is 0 Å². The molecule has 0 radical (unpaired) electrons. The molecule has 2 amide bonds. The van der Waals surface area contributed by atoms with Crippen LogP contribution in [0.2, 0.25) is 0 Å². The molecule has 1 aliphatic heterocycles. The van der Waals surface area contributed by atoms with Gasteiger partial charge in [0.25, 0.3) is 0 Å². The predicted octanol–water partition coefficient (Wildman–Crippen LogP) is 3.26. The molecule has 1 unspecified atom stereocenters. The normalized spacial score (nSPS) is 20.1. The lowest BCUT2D eigenvalue weighted by molar-refractivity contribution is -0.144. The molecule has 3 rings (SSSR count). The summed E-state index contributed by atoms with van der Waals surface area (Å²) in [6, 6.07) is 6.34. The highest BCUT2D eigenvalue weighted by Crippen LogP contribution is 2.26. The van der Waals surface area contributed by atoms with Crippen LogP contribution in [0.25, 0.3) is 0 Å². The van der Waals surface area contributed by atoms with Crippen molar-refractivity contribution < 1.29 is 14.0 Å². The number of carbonyl (C=O) groups excluding carboxylic acids is 2. The van der Waals surface area contributed by atoms with Crippen LogP contribution in [0.3, 0.4) is 0 Å². The summed E-state index contributed by atoms with van der Waals surface area (Å²) >= 11 is 0. The topological polar surface area (TPSA) is 40.6 Å². The summed E-state index contributed by atoms with van der Waals surface area (Å²) in [6.07, 6.45) is 6.23. The molecule has 5 heteroatoms. The Hall–Kier alpha value is -1.91. The summed E-state index contributed by atoms with van der Waals surface area (Å²) in [7, 11) is 0. The summed E-state index contributed by atoms with van der Waals surface area (Å²) in [6.45, 7) is 4.44. The number of nitrogens with zero attached hydrogens (tertiary/aromatic N) is 2. The fourth-order valence-electron chi connectivity index (χ4n) is 4.13. The van der Waals surface area contributed by atoms with Crippen molar-refractivity contribution in [3.63, 3.8) is 0 Å². The molecule has 1 saturated heterocycles. The molecule has 0 spiro atoms. The van der Waals surface area contributed by atoms with E-state index in [-0.39, 0.29) is 29.5 Å². The zero-order valence-corrected chi connectivity index (χ0v) is 15.6. The van der Waals surface area contributed by atoms with Gasteiger partial charge in [-0.15, -0.1) is 0 Å². The Bertz CT molecular complexity index is 617. The number of halogens is 1. The lowest BCUT2D eigenvalue weighted by Crippen LogP contribution is -2.53. The number of piperazine rings is 1. The molecule has 1 heterocycles. The Balaban J connectivity index is 1.48. The molecule has 1 aromatic carbocycles. The van der Waals surface area contributed by atoms with E-state index in [0.717, 1.165) is 31.2 Å². The molecule has 142 valence electrons. The highest BCUT2D eigenvalue weighted by molar-refractivity contribution is 5.81. The first kappa shape index (κ1) is 18.9. The van der Waals surface area contributed by atoms with Crippen molar-refractivity contribution in [1.82, 2.24) is 9.80 Å². The Morgan fingerprint density at radius 1 is 1.00 bits per heavy atom. The van der Waals surface area contributed by atoms with Crippen LogP contribution < -0.4 is 0 Å². The highest BCUT2D eigenvalue weighted by Gasteiger charge is 2.30. The van der Waals surface area contributed by atoms with Crippen LogP contribution in [0.1, 0.15) is 44.6 Å². The van der Waals surface area contributed by atoms with Gasteiger partial charge in [0.2, 0.25) is 11.8 Å². The van der Waals surface area contributed by atoms with E-state index in [1.165, 1.54) is 18.6 Å². The fraction of sp³-hybridized carbons (Fsp3) is 0.619. The van der Waals surface area contributed by atoms with Gasteiger partial charge in [0.15, 0.2) is 0 Å². The molecular weight excluding hydrogens is 331 g/mol. The lowest BCUT2D eigenvalue weighted by atomic mass is 9.88. The average Bonchev–Trinajstić information content (AvgIpc) is 2.69. The molecule has 26 heavy (non-hydrogen) atoms. The van der Waals surface area contributed by atoms with Gasteiger partial charge in [0.05, 0.1) is 0 Å². The monoisotopic (exact) mass is 360 g/mol. The lowest BCUT2D eigenvalue weighted by Gasteiger charge is -2.38. The molecule has 1 aliphatic carbocycles. The summed E-state index contributed by atoms with van der Waals surface area (Å²) in [5.41, 5.74) is 0.971. The second-order valence-electron chi connectivity index (χ2n) is 7.72. The van der Waals surface area contributed by atoms with Crippen LogP contribution in [-0.2, 0) is 16.0 Å². The molecule has 1 atom stereocenters. The SMILES string of the molecule is CC(Cc1ccc(F)cc1)C(=O)N1CCN(C(=O)C2CCCCC2)CC1. The van der Waals surface area contributed by atoms with Crippen molar-refractivity contribution >= 4 is 11.8 Å². The van der Waals surface area contributed by atoms with Crippen LogP contribution in [0.5, 0.6) is 0 Å². The van der Waals surface area contributed by atoms with E-state index in [9.17, 15) is 14.0 Å². The summed E-state index contributed by atoms with van der Waals surface area (Å²) in [4.78, 5) is 29.1. The molecule has 0 N–H and O–H groups in total. The van der Waals surface area contributed by atoms with Crippen LogP contribution in [-0.4, -0.2) is 47.8 Å². The van der Waals surface area contributed by atoms with Gasteiger partial charge < -0.3 is 9.80 Å². The van der Waals surface area contributed by atoms with Gasteiger partial charge in [-0.05, 0) is 37.0 Å². The van der Waals surface area contributed by atoms with Crippen LogP contribution in [0.4, 0.5) is 4.39 Å². The van der Waals surface area contributed by atoms with Crippen molar-refractivity contribution in [3.8, 4) is 0 Å². The minimum atomic E-state index is -0.258. The molecule has 1 aromatic rings. The highest BCUT2D eigenvalue weighted by atomic mass is 19.1. The summed E-state index contributed by atoms with van der Waals surface area (Å²) < 4.78 is 13.0. The maximum Gasteiger partial charge on any atom is 0.225 e. The van der Waals surface area contributed by atoms with Gasteiger partial charge in [-0.2, -0.15) is 0 Å². The largest absolute Gasteiger partial charge is 0.339 e. The maximum atomic E-state index is 13.0. The minimum absolute atomic E-state index is 0.124. The Kier molecular flexibility index (Phi) is 6.28. The van der Waals surface area contributed by atoms with Crippen molar-refractivity contribution in [2.24, 2.45) is 11.8 Å². The Labute approximate surface area is 155 Å². The van der Waals surface area contributed by atoms with E-state index < -0.39 is 0 Å². The fourth-order valence-corrected chi connectivity index (χ4v) is 4.13. The first-order valence-electron chi connectivity index (χ1n) is 9.86. The minimum Gasteiger partial charge on any atom is -0.339 e. The average molecular weight is 360 g/mol. The predicted molar refractivity (Wildman–Crippen MR) is 99.0 cm³/mol. The number of rotatable bonds is 4. The van der Waals surface area contributed by atoms with E-state index >= 15 is 0 Å². The Morgan fingerprint density at radius 2 is 1.58 bits per heavy atom. The third-order valence-electron chi connectivity index (χ3n) is 5.73. The quantitative estimate of drug-likeness (QED) is 0.827. The zero-order chi connectivity index (χ0) is 18.5. The number of hydrogen-bond acceptors (Lipinski definition) is 2. The van der Waals surface area contributed by atoms with Gasteiger partial charge >= 0.3 is 0 Å². The van der Waals surface area contributed by atoms with Crippen molar-refractivity contribution in [2.75, 3.05) is 26.2 Å². The molecule has 2 aliphatic rings. The van der Waals surface area contributed by atoms with E-state index in [1.54, 1.807) is 12.1 Å². The molecule has 0 aromatic heterocycles. The maximum absolute atomic E-state index is 13.0. The number of benzene rings is 1. The second kappa shape index (κ2) is 8.65. The molecule has 4 nitrogen and oxygen atoms in total.